The van der Waals surface area contributed by atoms with Crippen LogP contribution in [-0.4, -0.2) is 48.9 Å². The molecule has 104 valence electrons. The van der Waals surface area contributed by atoms with Crippen molar-refractivity contribution in [1.82, 2.24) is 4.90 Å². The Bertz CT molecular complexity index is 310. The molecule has 0 spiro atoms. The van der Waals surface area contributed by atoms with Crippen molar-refractivity contribution in [3.63, 3.8) is 0 Å². The molecule has 1 unspecified atom stereocenters. The number of amides is 1. The Balaban J connectivity index is 2.70. The molecule has 18 heavy (non-hydrogen) atoms. The van der Waals surface area contributed by atoms with Crippen LogP contribution in [0.2, 0.25) is 0 Å². The van der Waals surface area contributed by atoms with Gasteiger partial charge in [-0.15, -0.1) is 0 Å². The summed E-state index contributed by atoms with van der Waals surface area (Å²) in [6.07, 6.45) is 0.377. The van der Waals surface area contributed by atoms with Crippen LogP contribution in [0.1, 0.15) is 27.2 Å². The van der Waals surface area contributed by atoms with Gasteiger partial charge in [-0.2, -0.15) is 0 Å². The topological polar surface area (TPSA) is 64.8 Å². The van der Waals surface area contributed by atoms with Gasteiger partial charge in [0.25, 0.3) is 0 Å². The summed E-state index contributed by atoms with van der Waals surface area (Å²) in [7, 11) is 0. The zero-order valence-electron chi connectivity index (χ0n) is 11.6. The summed E-state index contributed by atoms with van der Waals surface area (Å²) in [5.74, 6) is 0. The second-order valence-electron chi connectivity index (χ2n) is 5.46. The lowest BCUT2D eigenvalue weighted by molar-refractivity contribution is -0.0245. The van der Waals surface area contributed by atoms with E-state index in [4.69, 9.17) is 15.2 Å². The summed E-state index contributed by atoms with van der Waals surface area (Å²) in [4.78, 5) is 13.8. The van der Waals surface area contributed by atoms with E-state index in [1.807, 2.05) is 20.8 Å². The van der Waals surface area contributed by atoms with Crippen LogP contribution in [0.25, 0.3) is 0 Å². The maximum Gasteiger partial charge on any atom is 0.410 e. The van der Waals surface area contributed by atoms with E-state index in [2.05, 4.69) is 6.58 Å². The van der Waals surface area contributed by atoms with Crippen molar-refractivity contribution in [3.8, 4) is 0 Å². The first-order chi connectivity index (χ1) is 8.35. The summed E-state index contributed by atoms with van der Waals surface area (Å²) in [6.45, 7) is 11.6. The van der Waals surface area contributed by atoms with Crippen LogP contribution in [0.4, 0.5) is 4.79 Å². The molecule has 1 rings (SSSR count). The number of rotatable bonds is 3. The van der Waals surface area contributed by atoms with Crippen LogP contribution in [0.15, 0.2) is 12.2 Å². The van der Waals surface area contributed by atoms with Crippen LogP contribution < -0.4 is 5.73 Å². The molecule has 1 aliphatic heterocycles. The number of carbonyl (C=O) groups is 1. The Labute approximate surface area is 109 Å². The predicted octanol–water partition coefficient (Wildman–Crippen LogP) is 1.53. The van der Waals surface area contributed by atoms with E-state index in [1.54, 1.807) is 4.90 Å². The second kappa shape index (κ2) is 6.20. The average molecular weight is 256 g/mol. The summed E-state index contributed by atoms with van der Waals surface area (Å²) < 4.78 is 10.8. The van der Waals surface area contributed by atoms with Gasteiger partial charge in [0.15, 0.2) is 0 Å². The lowest BCUT2D eigenvalue weighted by Crippen LogP contribution is -2.51. The number of morpholine rings is 1. The summed E-state index contributed by atoms with van der Waals surface area (Å²) in [5.41, 5.74) is 5.95. The third-order valence-electron chi connectivity index (χ3n) is 2.69. The third-order valence-corrected chi connectivity index (χ3v) is 2.69. The molecular formula is C13H24N2O3. The van der Waals surface area contributed by atoms with Crippen LogP contribution in [0, 0.1) is 0 Å². The summed E-state index contributed by atoms with van der Waals surface area (Å²) >= 11 is 0. The van der Waals surface area contributed by atoms with Crippen molar-refractivity contribution < 1.29 is 14.3 Å². The Morgan fingerprint density at radius 1 is 1.56 bits per heavy atom. The Kier molecular flexibility index (Phi) is 5.16. The van der Waals surface area contributed by atoms with Gasteiger partial charge in [0.05, 0.1) is 19.3 Å². The molecule has 1 amide bonds. The smallest absolute Gasteiger partial charge is 0.410 e. The molecule has 1 fully saturated rings. The van der Waals surface area contributed by atoms with Crippen LogP contribution in [0.5, 0.6) is 0 Å². The fraction of sp³-hybridized carbons (Fsp3) is 0.769. The van der Waals surface area contributed by atoms with Crippen molar-refractivity contribution in [3.05, 3.63) is 12.2 Å². The predicted molar refractivity (Wildman–Crippen MR) is 70.4 cm³/mol. The highest BCUT2D eigenvalue weighted by atomic mass is 16.6. The van der Waals surface area contributed by atoms with Crippen LogP contribution in [-0.2, 0) is 9.47 Å². The highest BCUT2D eigenvalue weighted by molar-refractivity contribution is 5.69. The first kappa shape index (κ1) is 15.0. The summed E-state index contributed by atoms with van der Waals surface area (Å²) in [6, 6.07) is -0.128. The molecule has 1 atom stereocenters. The van der Waals surface area contributed by atoms with Crippen molar-refractivity contribution in [1.29, 1.82) is 0 Å². The molecule has 0 aliphatic carbocycles. The van der Waals surface area contributed by atoms with Gasteiger partial charge >= 0.3 is 6.09 Å². The first-order valence-corrected chi connectivity index (χ1v) is 6.30. The van der Waals surface area contributed by atoms with Gasteiger partial charge in [-0.25, -0.2) is 4.79 Å². The SMILES string of the molecule is C=C(CCN)C1COCCN1C(=O)OC(C)(C)C. The molecule has 0 aromatic heterocycles. The van der Waals surface area contributed by atoms with Gasteiger partial charge in [0, 0.05) is 6.54 Å². The molecule has 5 nitrogen and oxygen atoms in total. The maximum atomic E-state index is 12.1. The van der Waals surface area contributed by atoms with Crippen molar-refractivity contribution in [2.24, 2.45) is 5.73 Å². The molecule has 1 saturated heterocycles. The van der Waals surface area contributed by atoms with Crippen molar-refractivity contribution in [2.75, 3.05) is 26.3 Å². The van der Waals surface area contributed by atoms with E-state index in [-0.39, 0.29) is 12.1 Å². The maximum absolute atomic E-state index is 12.1. The monoisotopic (exact) mass is 256 g/mol. The molecule has 0 radical (unpaired) electrons. The number of hydrogen-bond donors (Lipinski definition) is 1. The normalized spacial score (nSPS) is 20.7. The fourth-order valence-electron chi connectivity index (χ4n) is 1.83. The van der Waals surface area contributed by atoms with E-state index >= 15 is 0 Å². The van der Waals surface area contributed by atoms with Crippen LogP contribution in [0.3, 0.4) is 0 Å². The van der Waals surface area contributed by atoms with Crippen molar-refractivity contribution >= 4 is 6.09 Å². The summed E-state index contributed by atoms with van der Waals surface area (Å²) in [5, 5.41) is 0. The zero-order valence-corrected chi connectivity index (χ0v) is 11.6. The lowest BCUT2D eigenvalue weighted by atomic mass is 10.0. The van der Waals surface area contributed by atoms with Crippen molar-refractivity contribution in [2.45, 2.75) is 38.8 Å². The lowest BCUT2D eigenvalue weighted by Gasteiger charge is -2.37. The minimum atomic E-state index is -0.491. The minimum Gasteiger partial charge on any atom is -0.444 e. The minimum absolute atomic E-state index is 0.128. The molecule has 0 aromatic carbocycles. The number of ether oxygens (including phenoxy) is 2. The van der Waals surface area contributed by atoms with Gasteiger partial charge in [0.1, 0.15) is 5.60 Å². The van der Waals surface area contributed by atoms with Gasteiger partial charge in [0.2, 0.25) is 0 Å². The fourth-order valence-corrected chi connectivity index (χ4v) is 1.83. The molecular weight excluding hydrogens is 232 g/mol. The number of nitrogens with two attached hydrogens (primary N) is 1. The number of hydrogen-bond acceptors (Lipinski definition) is 4. The molecule has 0 aromatic rings. The molecule has 1 aliphatic rings. The van der Waals surface area contributed by atoms with Crippen LogP contribution >= 0.6 is 0 Å². The van der Waals surface area contributed by atoms with E-state index in [1.165, 1.54) is 0 Å². The average Bonchev–Trinajstić information content (AvgIpc) is 2.27. The molecule has 5 heteroatoms. The Morgan fingerprint density at radius 2 is 2.22 bits per heavy atom. The highest BCUT2D eigenvalue weighted by Gasteiger charge is 2.32. The van der Waals surface area contributed by atoms with E-state index < -0.39 is 5.60 Å². The second-order valence-corrected chi connectivity index (χ2v) is 5.46. The van der Waals surface area contributed by atoms with E-state index in [0.29, 0.717) is 32.7 Å². The molecule has 0 bridgehead atoms. The standard InChI is InChI=1S/C13H24N2O3/c1-10(5-6-14)11-9-17-8-7-15(11)12(16)18-13(2,3)4/h11H,1,5-9,14H2,2-4H3. The quantitative estimate of drug-likeness (QED) is 0.778. The molecule has 0 saturated carbocycles. The first-order valence-electron chi connectivity index (χ1n) is 6.30. The van der Waals surface area contributed by atoms with Gasteiger partial charge in [-0.1, -0.05) is 12.2 Å². The zero-order chi connectivity index (χ0) is 13.8. The largest absolute Gasteiger partial charge is 0.444 e. The number of nitrogens with zero attached hydrogens (tertiary/aromatic N) is 1. The van der Waals surface area contributed by atoms with E-state index in [9.17, 15) is 4.79 Å². The molecule has 2 N–H and O–H groups in total. The van der Waals surface area contributed by atoms with Gasteiger partial charge in [-0.3, -0.25) is 4.90 Å². The van der Waals surface area contributed by atoms with Gasteiger partial charge in [-0.05, 0) is 33.7 Å². The van der Waals surface area contributed by atoms with E-state index in [0.717, 1.165) is 5.57 Å². The third kappa shape index (κ3) is 4.31. The Hall–Kier alpha value is -1.07. The van der Waals surface area contributed by atoms with Gasteiger partial charge < -0.3 is 15.2 Å². The molecule has 1 heterocycles. The highest BCUT2D eigenvalue weighted by Crippen LogP contribution is 2.19. The number of carbonyl (C=O) groups excluding carboxylic acids is 1. The Morgan fingerprint density at radius 3 is 2.78 bits per heavy atom.